The minimum Gasteiger partial charge on any atom is -0.481 e. The number of aryl methyl sites for hydroxylation is 1. The second-order valence-electron chi connectivity index (χ2n) is 8.44. The van der Waals surface area contributed by atoms with Crippen molar-refractivity contribution in [3.05, 3.63) is 64.8 Å². The van der Waals surface area contributed by atoms with Gasteiger partial charge in [-0.3, -0.25) is 14.6 Å². The van der Waals surface area contributed by atoms with Crippen LogP contribution in [-0.4, -0.2) is 54.1 Å². The van der Waals surface area contributed by atoms with Crippen LogP contribution in [0.3, 0.4) is 0 Å². The molecule has 1 unspecified atom stereocenters. The Hall–Kier alpha value is -3.16. The molecule has 1 aliphatic rings. The number of halogens is 1. The van der Waals surface area contributed by atoms with E-state index < -0.39 is 0 Å². The number of benzene rings is 2. The summed E-state index contributed by atoms with van der Waals surface area (Å²) < 4.78 is 11.5. The molecule has 2 heterocycles. The summed E-state index contributed by atoms with van der Waals surface area (Å²) in [6.45, 7) is 4.64. The molecule has 8 heteroatoms. The summed E-state index contributed by atoms with van der Waals surface area (Å²) in [6.07, 6.45) is 3.36. The summed E-state index contributed by atoms with van der Waals surface area (Å²) in [5.74, 6) is -0.102. The average molecular weight is 482 g/mol. The molecule has 2 aromatic carbocycles. The van der Waals surface area contributed by atoms with Gasteiger partial charge in [0.15, 0.2) is 6.61 Å². The third-order valence-corrected chi connectivity index (χ3v) is 6.37. The monoisotopic (exact) mass is 481 g/mol. The Kier molecular flexibility index (Phi) is 7.65. The number of anilines is 1. The van der Waals surface area contributed by atoms with E-state index in [1.165, 1.54) is 4.90 Å². The highest BCUT2D eigenvalue weighted by atomic mass is 35.5. The highest BCUT2D eigenvalue weighted by molar-refractivity contribution is 6.35. The maximum atomic E-state index is 13.1. The molecule has 7 nitrogen and oxygen atoms in total. The highest BCUT2D eigenvalue weighted by Gasteiger charge is 2.25. The van der Waals surface area contributed by atoms with Crippen LogP contribution in [0.2, 0.25) is 5.02 Å². The first kappa shape index (κ1) is 24.0. The normalized spacial score (nSPS) is 15.3. The lowest BCUT2D eigenvalue weighted by atomic mass is 10.1. The fourth-order valence-corrected chi connectivity index (χ4v) is 4.21. The molecule has 178 valence electrons. The molecule has 0 radical (unpaired) electrons. The number of fused-ring (bicyclic) bond motifs is 1. The number of ether oxygens (including phenoxy) is 2. The Morgan fingerprint density at radius 3 is 2.85 bits per heavy atom. The van der Waals surface area contributed by atoms with Crippen LogP contribution in [0, 0.1) is 13.8 Å². The number of carbonyl (C=O) groups is 2. The fourth-order valence-electron chi connectivity index (χ4n) is 4.00. The van der Waals surface area contributed by atoms with Crippen molar-refractivity contribution in [2.24, 2.45) is 0 Å². The molecule has 0 bridgehead atoms. The van der Waals surface area contributed by atoms with Gasteiger partial charge < -0.3 is 19.7 Å². The van der Waals surface area contributed by atoms with Gasteiger partial charge in [-0.15, -0.1) is 0 Å². The summed E-state index contributed by atoms with van der Waals surface area (Å²) >= 11 is 6.25. The molecule has 0 aliphatic carbocycles. The van der Waals surface area contributed by atoms with E-state index in [9.17, 15) is 9.59 Å². The van der Waals surface area contributed by atoms with Gasteiger partial charge in [-0.25, -0.2) is 0 Å². The predicted molar refractivity (Wildman–Crippen MR) is 132 cm³/mol. The molecule has 1 N–H and O–H groups in total. The number of pyridine rings is 1. The van der Waals surface area contributed by atoms with Crippen molar-refractivity contribution in [3.8, 4) is 5.75 Å². The molecule has 34 heavy (non-hydrogen) atoms. The summed E-state index contributed by atoms with van der Waals surface area (Å²) in [5.41, 5.74) is 3.41. The molecule has 0 spiro atoms. The van der Waals surface area contributed by atoms with Crippen molar-refractivity contribution in [2.75, 3.05) is 31.6 Å². The van der Waals surface area contributed by atoms with E-state index in [4.69, 9.17) is 21.1 Å². The Bertz CT molecular complexity index is 1190. The second kappa shape index (κ2) is 10.8. The zero-order valence-electron chi connectivity index (χ0n) is 19.3. The number of amides is 2. The Labute approximate surface area is 204 Å². The number of hydrogen-bond donors (Lipinski definition) is 1. The molecular formula is C26H28ClN3O4. The van der Waals surface area contributed by atoms with Gasteiger partial charge in [-0.05, 0) is 68.1 Å². The van der Waals surface area contributed by atoms with Gasteiger partial charge in [0.25, 0.3) is 5.91 Å². The summed E-state index contributed by atoms with van der Waals surface area (Å²) in [6, 6.07) is 12.8. The molecule has 3 aromatic rings. The molecule has 1 aliphatic heterocycles. The summed E-state index contributed by atoms with van der Waals surface area (Å²) in [4.78, 5) is 31.8. The van der Waals surface area contributed by atoms with Crippen LogP contribution in [0.25, 0.3) is 10.9 Å². The van der Waals surface area contributed by atoms with E-state index in [-0.39, 0.29) is 31.1 Å². The topological polar surface area (TPSA) is 80.8 Å². The molecule has 1 aromatic heterocycles. The van der Waals surface area contributed by atoms with E-state index >= 15 is 0 Å². The Balaban J connectivity index is 1.45. The first-order chi connectivity index (χ1) is 16.4. The molecule has 0 saturated carbocycles. The molecule has 2 amide bonds. The van der Waals surface area contributed by atoms with Gasteiger partial charge in [0.05, 0.1) is 11.1 Å². The lowest BCUT2D eigenvalue weighted by molar-refractivity contribution is -0.138. The lowest BCUT2D eigenvalue weighted by Gasteiger charge is -2.25. The minimum atomic E-state index is -0.300. The Morgan fingerprint density at radius 1 is 1.21 bits per heavy atom. The van der Waals surface area contributed by atoms with E-state index in [0.717, 1.165) is 35.0 Å². The SMILES string of the molecule is Cc1cccc(NC(=O)CN(CC2CCCO2)C(=O)COc2ccc(Cl)c3cccnc23)c1C. The van der Waals surface area contributed by atoms with Gasteiger partial charge in [0.2, 0.25) is 5.91 Å². The average Bonchev–Trinajstić information content (AvgIpc) is 3.34. The number of carbonyl (C=O) groups excluding carboxylic acids is 2. The first-order valence-electron chi connectivity index (χ1n) is 11.3. The number of aromatic nitrogens is 1. The van der Waals surface area contributed by atoms with Gasteiger partial charge >= 0.3 is 0 Å². The van der Waals surface area contributed by atoms with Crippen LogP contribution in [0.1, 0.15) is 24.0 Å². The van der Waals surface area contributed by atoms with Gasteiger partial charge in [0.1, 0.15) is 17.8 Å². The number of nitrogens with one attached hydrogen (secondary N) is 1. The maximum Gasteiger partial charge on any atom is 0.261 e. The van der Waals surface area contributed by atoms with E-state index in [1.54, 1.807) is 24.4 Å². The van der Waals surface area contributed by atoms with Crippen LogP contribution in [-0.2, 0) is 14.3 Å². The molecule has 1 atom stereocenters. The largest absolute Gasteiger partial charge is 0.481 e. The number of nitrogens with zero attached hydrogens (tertiary/aromatic N) is 2. The maximum absolute atomic E-state index is 13.1. The molecule has 1 fully saturated rings. The molecular weight excluding hydrogens is 454 g/mol. The Morgan fingerprint density at radius 2 is 2.06 bits per heavy atom. The highest BCUT2D eigenvalue weighted by Crippen LogP contribution is 2.29. The van der Waals surface area contributed by atoms with Crippen molar-refractivity contribution < 1.29 is 19.1 Å². The third-order valence-electron chi connectivity index (χ3n) is 6.04. The fraction of sp³-hybridized carbons (Fsp3) is 0.346. The van der Waals surface area contributed by atoms with E-state index in [1.807, 2.05) is 38.1 Å². The number of hydrogen-bond acceptors (Lipinski definition) is 5. The standard InChI is InChI=1S/C26H28ClN3O4/c1-17-6-3-9-22(18(17)2)29-24(31)15-30(14-19-7-5-13-33-19)25(32)16-34-23-11-10-21(27)20-8-4-12-28-26(20)23/h3-4,6,8-12,19H,5,7,13-16H2,1-2H3,(H,29,31). The van der Waals surface area contributed by atoms with Gasteiger partial charge in [0, 0.05) is 30.4 Å². The van der Waals surface area contributed by atoms with Crippen LogP contribution in [0.5, 0.6) is 5.75 Å². The van der Waals surface area contributed by atoms with Crippen LogP contribution >= 0.6 is 11.6 Å². The van der Waals surface area contributed by atoms with Crippen molar-refractivity contribution in [2.45, 2.75) is 32.8 Å². The van der Waals surface area contributed by atoms with Crippen molar-refractivity contribution >= 4 is 40.0 Å². The second-order valence-corrected chi connectivity index (χ2v) is 8.85. The van der Waals surface area contributed by atoms with Crippen LogP contribution in [0.15, 0.2) is 48.7 Å². The quantitative estimate of drug-likeness (QED) is 0.511. The summed E-state index contributed by atoms with van der Waals surface area (Å²) in [5, 5.41) is 4.23. The minimum absolute atomic E-state index is 0.0875. The van der Waals surface area contributed by atoms with Crippen LogP contribution < -0.4 is 10.1 Å². The van der Waals surface area contributed by atoms with Gasteiger partial charge in [-0.1, -0.05) is 23.7 Å². The zero-order valence-corrected chi connectivity index (χ0v) is 20.1. The number of rotatable bonds is 8. The molecule has 1 saturated heterocycles. The van der Waals surface area contributed by atoms with Crippen molar-refractivity contribution in [1.29, 1.82) is 0 Å². The van der Waals surface area contributed by atoms with E-state index in [2.05, 4.69) is 10.3 Å². The van der Waals surface area contributed by atoms with Crippen molar-refractivity contribution in [1.82, 2.24) is 9.88 Å². The van der Waals surface area contributed by atoms with Crippen LogP contribution in [0.4, 0.5) is 5.69 Å². The zero-order chi connectivity index (χ0) is 24.1. The summed E-state index contributed by atoms with van der Waals surface area (Å²) in [7, 11) is 0. The molecule has 4 rings (SSSR count). The smallest absolute Gasteiger partial charge is 0.261 e. The lowest BCUT2D eigenvalue weighted by Crippen LogP contribution is -2.44. The first-order valence-corrected chi connectivity index (χ1v) is 11.7. The van der Waals surface area contributed by atoms with Crippen molar-refractivity contribution in [3.63, 3.8) is 0 Å². The third kappa shape index (κ3) is 5.66. The predicted octanol–water partition coefficient (Wildman–Crippen LogP) is 4.53. The van der Waals surface area contributed by atoms with Gasteiger partial charge in [-0.2, -0.15) is 0 Å². The van der Waals surface area contributed by atoms with E-state index in [0.29, 0.717) is 29.4 Å².